The van der Waals surface area contributed by atoms with Crippen LogP contribution in [0.2, 0.25) is 0 Å². The summed E-state index contributed by atoms with van der Waals surface area (Å²) in [5, 5.41) is 9.49. The van der Waals surface area contributed by atoms with Crippen LogP contribution in [0.3, 0.4) is 0 Å². The van der Waals surface area contributed by atoms with Crippen molar-refractivity contribution in [3.8, 4) is 11.5 Å². The molecule has 1 aromatic rings. The van der Waals surface area contributed by atoms with Crippen LogP contribution in [0.1, 0.15) is 12.5 Å². The molecule has 0 radical (unpaired) electrons. The summed E-state index contributed by atoms with van der Waals surface area (Å²) in [6.45, 7) is 2.00. The van der Waals surface area contributed by atoms with Crippen molar-refractivity contribution < 1.29 is 9.84 Å². The first-order chi connectivity index (χ1) is 6.11. The van der Waals surface area contributed by atoms with Crippen LogP contribution >= 0.6 is 15.9 Å². The van der Waals surface area contributed by atoms with E-state index >= 15 is 0 Å². The Kier molecular flexibility index (Phi) is 3.03. The van der Waals surface area contributed by atoms with E-state index < -0.39 is 0 Å². The second kappa shape index (κ2) is 3.87. The zero-order valence-corrected chi connectivity index (χ0v) is 9.18. The number of anilines is 1. The number of nitrogens with two attached hydrogens (primary N) is 1. The van der Waals surface area contributed by atoms with E-state index in [1.807, 2.05) is 6.92 Å². The monoisotopic (exact) mass is 245 g/mol. The molecule has 0 unspecified atom stereocenters. The summed E-state index contributed by atoms with van der Waals surface area (Å²) >= 11 is 3.23. The Morgan fingerprint density at radius 3 is 2.69 bits per heavy atom. The van der Waals surface area contributed by atoms with Crippen molar-refractivity contribution in [3.05, 3.63) is 16.1 Å². The lowest BCUT2D eigenvalue weighted by molar-refractivity contribution is 0.399. The maximum absolute atomic E-state index is 9.49. The zero-order chi connectivity index (χ0) is 10.0. The first-order valence-corrected chi connectivity index (χ1v) is 4.74. The molecular weight excluding hydrogens is 234 g/mol. The van der Waals surface area contributed by atoms with Gasteiger partial charge in [-0.3, -0.25) is 0 Å². The van der Waals surface area contributed by atoms with Crippen LogP contribution in [-0.2, 0) is 6.42 Å². The Balaban J connectivity index is 3.39. The van der Waals surface area contributed by atoms with Gasteiger partial charge in [-0.2, -0.15) is 0 Å². The number of methoxy groups -OCH3 is 1. The number of aromatic hydroxyl groups is 1. The van der Waals surface area contributed by atoms with Crippen LogP contribution in [-0.4, -0.2) is 12.2 Å². The van der Waals surface area contributed by atoms with Gasteiger partial charge in [-0.1, -0.05) is 6.92 Å². The van der Waals surface area contributed by atoms with E-state index in [2.05, 4.69) is 15.9 Å². The van der Waals surface area contributed by atoms with Crippen molar-refractivity contribution in [2.24, 2.45) is 0 Å². The summed E-state index contributed by atoms with van der Waals surface area (Å²) in [6.07, 6.45) is 0.812. The minimum absolute atomic E-state index is 0.0362. The van der Waals surface area contributed by atoms with E-state index in [0.717, 1.165) is 12.0 Å². The molecule has 0 heterocycles. The molecule has 0 fully saturated rings. The molecule has 0 aliphatic heterocycles. The number of hydrogen-bond acceptors (Lipinski definition) is 3. The molecule has 13 heavy (non-hydrogen) atoms. The second-order valence-corrected chi connectivity index (χ2v) is 3.47. The molecule has 0 saturated heterocycles. The fourth-order valence-corrected chi connectivity index (χ4v) is 1.83. The Bertz CT molecular complexity index is 326. The van der Waals surface area contributed by atoms with Crippen LogP contribution in [0, 0.1) is 0 Å². The summed E-state index contributed by atoms with van der Waals surface area (Å²) in [4.78, 5) is 0. The van der Waals surface area contributed by atoms with Crippen LogP contribution in [0.15, 0.2) is 10.5 Å². The Morgan fingerprint density at radius 2 is 2.23 bits per heavy atom. The quantitative estimate of drug-likeness (QED) is 0.621. The summed E-state index contributed by atoms with van der Waals surface area (Å²) in [5.74, 6) is 0.684. The van der Waals surface area contributed by atoms with E-state index in [1.165, 1.54) is 0 Å². The first-order valence-electron chi connectivity index (χ1n) is 3.95. The van der Waals surface area contributed by atoms with Gasteiger partial charge in [-0.15, -0.1) is 0 Å². The van der Waals surface area contributed by atoms with Gasteiger partial charge in [0, 0.05) is 0 Å². The van der Waals surface area contributed by atoms with Gasteiger partial charge in [0.05, 0.1) is 12.8 Å². The third kappa shape index (κ3) is 1.72. The van der Waals surface area contributed by atoms with Crippen molar-refractivity contribution in [3.63, 3.8) is 0 Å². The smallest absolute Gasteiger partial charge is 0.156 e. The first kappa shape index (κ1) is 10.2. The highest BCUT2D eigenvalue weighted by molar-refractivity contribution is 9.10. The topological polar surface area (TPSA) is 55.5 Å². The summed E-state index contributed by atoms with van der Waals surface area (Å²) in [5.41, 5.74) is 6.93. The molecule has 3 nitrogen and oxygen atoms in total. The third-order valence-electron chi connectivity index (χ3n) is 1.89. The molecule has 0 aliphatic carbocycles. The van der Waals surface area contributed by atoms with Gasteiger partial charge in [-0.25, -0.2) is 0 Å². The number of ether oxygens (including phenoxy) is 1. The van der Waals surface area contributed by atoms with Gasteiger partial charge >= 0.3 is 0 Å². The number of hydrogen-bond donors (Lipinski definition) is 2. The number of rotatable bonds is 2. The number of phenols is 1. The molecule has 1 aromatic carbocycles. The Hall–Kier alpha value is -0.900. The predicted molar refractivity (Wildman–Crippen MR) is 56.1 cm³/mol. The zero-order valence-electron chi connectivity index (χ0n) is 7.60. The molecule has 0 amide bonds. The van der Waals surface area contributed by atoms with Crippen molar-refractivity contribution in [2.45, 2.75) is 13.3 Å². The number of benzene rings is 1. The third-order valence-corrected chi connectivity index (χ3v) is 2.62. The number of aryl methyl sites for hydroxylation is 1. The second-order valence-electron chi connectivity index (χ2n) is 2.67. The standard InChI is InChI=1S/C9H12BrNO2/c1-3-5-4-6(11)8(12)7(10)9(5)13-2/h4,12H,3,11H2,1-2H3. The number of phenolic OH excluding ortho intramolecular Hbond substituents is 1. The van der Waals surface area contributed by atoms with Gasteiger partial charge in [0.1, 0.15) is 10.2 Å². The highest BCUT2D eigenvalue weighted by Crippen LogP contribution is 2.40. The maximum atomic E-state index is 9.49. The average Bonchev–Trinajstić information content (AvgIpc) is 2.13. The lowest BCUT2D eigenvalue weighted by Gasteiger charge is -2.11. The van der Waals surface area contributed by atoms with Gasteiger partial charge in [0.2, 0.25) is 0 Å². The van der Waals surface area contributed by atoms with Gasteiger partial charge < -0.3 is 15.6 Å². The molecule has 3 N–H and O–H groups in total. The van der Waals surface area contributed by atoms with Gasteiger partial charge in [0.15, 0.2) is 5.75 Å². The van der Waals surface area contributed by atoms with E-state index in [-0.39, 0.29) is 5.75 Å². The SMILES string of the molecule is CCc1cc(N)c(O)c(Br)c1OC. The van der Waals surface area contributed by atoms with Gasteiger partial charge in [-0.05, 0) is 34.0 Å². The Morgan fingerprint density at radius 1 is 1.62 bits per heavy atom. The minimum Gasteiger partial charge on any atom is -0.505 e. The fraction of sp³-hybridized carbons (Fsp3) is 0.333. The van der Waals surface area contributed by atoms with Crippen LogP contribution in [0.25, 0.3) is 0 Å². The Labute approximate surface area is 85.6 Å². The maximum Gasteiger partial charge on any atom is 0.156 e. The highest BCUT2D eigenvalue weighted by atomic mass is 79.9. The molecule has 0 aromatic heterocycles. The molecule has 0 atom stereocenters. The van der Waals surface area contributed by atoms with Gasteiger partial charge in [0.25, 0.3) is 0 Å². The molecule has 0 bridgehead atoms. The molecular formula is C9H12BrNO2. The van der Waals surface area contributed by atoms with Crippen molar-refractivity contribution >= 4 is 21.6 Å². The van der Waals surface area contributed by atoms with E-state index in [4.69, 9.17) is 10.5 Å². The molecule has 72 valence electrons. The van der Waals surface area contributed by atoms with Crippen molar-refractivity contribution in [1.29, 1.82) is 0 Å². The molecule has 0 aliphatic rings. The molecule has 1 rings (SSSR count). The molecule has 0 saturated carbocycles. The van der Waals surface area contributed by atoms with Crippen LogP contribution in [0.5, 0.6) is 11.5 Å². The summed E-state index contributed by atoms with van der Waals surface area (Å²) < 4.78 is 5.66. The van der Waals surface area contributed by atoms with E-state index in [0.29, 0.717) is 15.9 Å². The van der Waals surface area contributed by atoms with Crippen molar-refractivity contribution in [2.75, 3.05) is 12.8 Å². The van der Waals surface area contributed by atoms with Crippen molar-refractivity contribution in [1.82, 2.24) is 0 Å². The lowest BCUT2D eigenvalue weighted by Crippen LogP contribution is -1.95. The van der Waals surface area contributed by atoms with E-state index in [9.17, 15) is 5.11 Å². The normalized spacial score (nSPS) is 10.1. The molecule has 4 heteroatoms. The van der Waals surface area contributed by atoms with Crippen LogP contribution in [0.4, 0.5) is 5.69 Å². The lowest BCUT2D eigenvalue weighted by atomic mass is 10.1. The summed E-state index contributed by atoms with van der Waals surface area (Å²) in [6, 6.07) is 1.72. The fourth-order valence-electron chi connectivity index (χ4n) is 1.18. The number of halogens is 1. The van der Waals surface area contributed by atoms with Crippen LogP contribution < -0.4 is 10.5 Å². The minimum atomic E-state index is 0.0362. The predicted octanol–water partition coefficient (Wildman–Crippen LogP) is 2.31. The summed E-state index contributed by atoms with van der Waals surface area (Å²) in [7, 11) is 1.56. The average molecular weight is 246 g/mol. The largest absolute Gasteiger partial charge is 0.505 e. The molecule has 0 spiro atoms. The number of nitrogen functional groups attached to an aromatic ring is 1. The van der Waals surface area contributed by atoms with E-state index in [1.54, 1.807) is 13.2 Å². The highest BCUT2D eigenvalue weighted by Gasteiger charge is 2.13.